The summed E-state index contributed by atoms with van der Waals surface area (Å²) in [5.74, 6) is -0.942. The van der Waals surface area contributed by atoms with Crippen molar-refractivity contribution in [2.24, 2.45) is 0 Å². The molecule has 0 amide bonds. The number of ether oxygens (including phenoxy) is 2. The second kappa shape index (κ2) is 8.63. The van der Waals surface area contributed by atoms with Crippen LogP contribution in [0.3, 0.4) is 0 Å². The van der Waals surface area contributed by atoms with Gasteiger partial charge in [0.25, 0.3) is 0 Å². The molecule has 9 heteroatoms. The van der Waals surface area contributed by atoms with Crippen LogP contribution in [0.25, 0.3) is 0 Å². The fourth-order valence-corrected chi connectivity index (χ4v) is 1.43. The van der Waals surface area contributed by atoms with E-state index in [0.717, 1.165) is 0 Å². The third-order valence-electron chi connectivity index (χ3n) is 2.44. The first-order valence-corrected chi connectivity index (χ1v) is 6.42. The molecule has 0 unspecified atom stereocenters. The molecule has 0 spiro atoms. The van der Waals surface area contributed by atoms with Crippen LogP contribution in [0.5, 0.6) is 0 Å². The van der Waals surface area contributed by atoms with E-state index in [0.29, 0.717) is 32.8 Å². The highest BCUT2D eigenvalue weighted by atomic mass is 19.4. The largest absolute Gasteiger partial charge is 0.451 e. The van der Waals surface area contributed by atoms with Gasteiger partial charge < -0.3 is 20.1 Å². The number of alkyl halides is 3. The summed E-state index contributed by atoms with van der Waals surface area (Å²) in [6.07, 6.45) is -3.93. The first-order chi connectivity index (χ1) is 9.97. The minimum atomic E-state index is -4.58. The summed E-state index contributed by atoms with van der Waals surface area (Å²) in [5, 5.41) is 5.40. The van der Waals surface area contributed by atoms with Crippen molar-refractivity contribution < 1.29 is 22.6 Å². The quantitative estimate of drug-likeness (QED) is 0.680. The molecule has 1 aromatic rings. The lowest BCUT2D eigenvalue weighted by Gasteiger charge is -2.11. The molecule has 0 bridgehead atoms. The van der Waals surface area contributed by atoms with Gasteiger partial charge in [0.05, 0.1) is 13.2 Å². The van der Waals surface area contributed by atoms with Crippen molar-refractivity contribution in [2.75, 3.05) is 51.2 Å². The standard InChI is InChI=1S/C12H19F3N4O2/c1-16-9-8-10(19-11(18-9)12(13,14)15)17-4-3-5-21-7-6-20-2/h8H,3-7H2,1-2H3,(H2,16,17,18,19). The predicted molar refractivity (Wildman–Crippen MR) is 72.4 cm³/mol. The molecule has 0 radical (unpaired) electrons. The van der Waals surface area contributed by atoms with E-state index < -0.39 is 12.0 Å². The summed E-state index contributed by atoms with van der Waals surface area (Å²) in [6.45, 7) is 1.95. The van der Waals surface area contributed by atoms with Crippen LogP contribution in [0.15, 0.2) is 6.07 Å². The molecule has 0 aliphatic heterocycles. The Morgan fingerprint density at radius 1 is 1.14 bits per heavy atom. The van der Waals surface area contributed by atoms with Crippen molar-refractivity contribution in [3.63, 3.8) is 0 Å². The Morgan fingerprint density at radius 3 is 2.48 bits per heavy atom. The molecule has 0 aromatic carbocycles. The van der Waals surface area contributed by atoms with Crippen molar-refractivity contribution >= 4 is 11.6 Å². The van der Waals surface area contributed by atoms with Crippen molar-refractivity contribution in [3.05, 3.63) is 11.9 Å². The van der Waals surface area contributed by atoms with Gasteiger partial charge in [-0.3, -0.25) is 0 Å². The van der Waals surface area contributed by atoms with Crippen LogP contribution in [-0.4, -0.2) is 50.5 Å². The lowest BCUT2D eigenvalue weighted by molar-refractivity contribution is -0.144. The minimum absolute atomic E-state index is 0.108. The lowest BCUT2D eigenvalue weighted by Crippen LogP contribution is -2.15. The van der Waals surface area contributed by atoms with Gasteiger partial charge in [-0.25, -0.2) is 9.97 Å². The second-order valence-electron chi connectivity index (χ2n) is 4.10. The van der Waals surface area contributed by atoms with E-state index in [4.69, 9.17) is 9.47 Å². The summed E-state index contributed by atoms with van der Waals surface area (Å²) in [7, 11) is 3.08. The number of anilines is 2. The number of halogens is 3. The predicted octanol–water partition coefficient (Wildman–Crippen LogP) is 2.00. The molecule has 2 N–H and O–H groups in total. The van der Waals surface area contributed by atoms with Gasteiger partial charge in [-0.15, -0.1) is 0 Å². The molecule has 0 saturated carbocycles. The molecule has 1 aromatic heterocycles. The van der Waals surface area contributed by atoms with E-state index in [-0.39, 0.29) is 11.6 Å². The molecule has 6 nitrogen and oxygen atoms in total. The van der Waals surface area contributed by atoms with Gasteiger partial charge in [-0.1, -0.05) is 0 Å². The Morgan fingerprint density at radius 2 is 1.86 bits per heavy atom. The molecule has 0 fully saturated rings. The summed E-state index contributed by atoms with van der Waals surface area (Å²) in [6, 6.07) is 1.42. The van der Waals surface area contributed by atoms with Crippen LogP contribution in [0.1, 0.15) is 12.2 Å². The van der Waals surface area contributed by atoms with E-state index in [2.05, 4.69) is 20.6 Å². The van der Waals surface area contributed by atoms with Crippen molar-refractivity contribution in [1.29, 1.82) is 0 Å². The molecular weight excluding hydrogens is 289 g/mol. The Labute approximate surface area is 121 Å². The monoisotopic (exact) mass is 308 g/mol. The first-order valence-electron chi connectivity index (χ1n) is 6.42. The maximum atomic E-state index is 12.6. The van der Waals surface area contributed by atoms with Crippen LogP contribution in [-0.2, 0) is 15.7 Å². The Hall–Kier alpha value is -1.61. The fourth-order valence-electron chi connectivity index (χ4n) is 1.43. The third kappa shape index (κ3) is 6.58. The smallest absolute Gasteiger partial charge is 0.382 e. The van der Waals surface area contributed by atoms with Gasteiger partial charge in [0, 0.05) is 33.4 Å². The average Bonchev–Trinajstić information content (AvgIpc) is 2.45. The number of nitrogens with zero attached hydrogens (tertiary/aromatic N) is 2. The SMILES string of the molecule is CNc1cc(NCCCOCCOC)nc(C(F)(F)F)n1. The Bertz CT molecular complexity index is 429. The number of hydrogen-bond donors (Lipinski definition) is 2. The summed E-state index contributed by atoms with van der Waals surface area (Å²) >= 11 is 0. The Balaban J connectivity index is 2.47. The third-order valence-corrected chi connectivity index (χ3v) is 2.44. The number of hydrogen-bond acceptors (Lipinski definition) is 6. The zero-order valence-electron chi connectivity index (χ0n) is 12.0. The number of aromatic nitrogens is 2. The number of rotatable bonds is 9. The Kier molecular flexibility index (Phi) is 7.17. The highest BCUT2D eigenvalue weighted by Crippen LogP contribution is 2.28. The highest BCUT2D eigenvalue weighted by Gasteiger charge is 2.35. The van der Waals surface area contributed by atoms with Crippen LogP contribution < -0.4 is 10.6 Å². The molecular formula is C12H19F3N4O2. The van der Waals surface area contributed by atoms with Crippen LogP contribution in [0, 0.1) is 0 Å². The number of nitrogens with one attached hydrogen (secondary N) is 2. The molecule has 0 aliphatic rings. The normalized spacial score (nSPS) is 11.5. The van der Waals surface area contributed by atoms with Crippen LogP contribution in [0.4, 0.5) is 24.8 Å². The van der Waals surface area contributed by atoms with E-state index in [1.165, 1.54) is 13.1 Å². The van der Waals surface area contributed by atoms with Crippen molar-refractivity contribution in [3.8, 4) is 0 Å². The maximum absolute atomic E-state index is 12.6. The molecule has 1 heterocycles. The summed E-state index contributed by atoms with van der Waals surface area (Å²) in [5.41, 5.74) is 0. The summed E-state index contributed by atoms with van der Waals surface area (Å²) < 4.78 is 48.0. The molecule has 21 heavy (non-hydrogen) atoms. The minimum Gasteiger partial charge on any atom is -0.382 e. The molecule has 0 saturated heterocycles. The zero-order chi connectivity index (χ0) is 15.7. The van der Waals surface area contributed by atoms with Gasteiger partial charge in [0.1, 0.15) is 11.6 Å². The zero-order valence-corrected chi connectivity index (χ0v) is 12.0. The molecule has 0 atom stereocenters. The van der Waals surface area contributed by atoms with Crippen molar-refractivity contribution in [1.82, 2.24) is 9.97 Å². The van der Waals surface area contributed by atoms with E-state index in [1.54, 1.807) is 7.11 Å². The second-order valence-corrected chi connectivity index (χ2v) is 4.10. The topological polar surface area (TPSA) is 68.3 Å². The molecule has 120 valence electrons. The van der Waals surface area contributed by atoms with Gasteiger partial charge in [0.2, 0.25) is 5.82 Å². The first kappa shape index (κ1) is 17.4. The van der Waals surface area contributed by atoms with E-state index in [9.17, 15) is 13.2 Å². The van der Waals surface area contributed by atoms with Gasteiger partial charge in [-0.05, 0) is 6.42 Å². The maximum Gasteiger partial charge on any atom is 0.451 e. The number of methoxy groups -OCH3 is 1. The van der Waals surface area contributed by atoms with Crippen LogP contribution in [0.2, 0.25) is 0 Å². The van der Waals surface area contributed by atoms with Gasteiger partial charge in [0.15, 0.2) is 0 Å². The van der Waals surface area contributed by atoms with E-state index >= 15 is 0 Å². The van der Waals surface area contributed by atoms with Crippen molar-refractivity contribution in [2.45, 2.75) is 12.6 Å². The highest BCUT2D eigenvalue weighted by molar-refractivity contribution is 5.47. The lowest BCUT2D eigenvalue weighted by atomic mass is 10.4. The fraction of sp³-hybridized carbons (Fsp3) is 0.667. The van der Waals surface area contributed by atoms with E-state index in [1.807, 2.05) is 0 Å². The van der Waals surface area contributed by atoms with Gasteiger partial charge >= 0.3 is 6.18 Å². The molecule has 0 aliphatic carbocycles. The van der Waals surface area contributed by atoms with Crippen LogP contribution >= 0.6 is 0 Å². The van der Waals surface area contributed by atoms with Gasteiger partial charge in [-0.2, -0.15) is 13.2 Å². The summed E-state index contributed by atoms with van der Waals surface area (Å²) in [4.78, 5) is 6.83. The molecule has 1 rings (SSSR count). The average molecular weight is 308 g/mol.